The van der Waals surface area contributed by atoms with Crippen LogP contribution in [0.2, 0.25) is 0 Å². The number of benzene rings is 2. The van der Waals surface area contributed by atoms with Gasteiger partial charge in [0.1, 0.15) is 5.75 Å². The molecule has 0 aliphatic heterocycles. The van der Waals surface area contributed by atoms with Crippen LogP contribution in [0.25, 0.3) is 11.3 Å². The topological polar surface area (TPSA) is 51.2 Å². The molecule has 0 spiro atoms. The second kappa shape index (κ2) is 8.02. The number of alkyl halides is 3. The number of anilines is 1. The molecule has 8 heteroatoms. The Morgan fingerprint density at radius 1 is 1.18 bits per heavy atom. The van der Waals surface area contributed by atoms with Gasteiger partial charge in [0.25, 0.3) is 0 Å². The standard InChI is InChI=1S/C20H17F3N2O2S/c1-12-3-8-17(27-2)15(9-12)16-11-28-19(24-16)25-18(26)10-13-4-6-14(7-5-13)20(21,22)23/h3-9,11H,10H2,1-2H3,(H,24,25,26). The summed E-state index contributed by atoms with van der Waals surface area (Å²) in [6.07, 6.45) is -4.43. The van der Waals surface area contributed by atoms with Crippen LogP contribution < -0.4 is 10.1 Å². The van der Waals surface area contributed by atoms with Crippen LogP contribution in [0, 0.1) is 6.92 Å². The van der Waals surface area contributed by atoms with Gasteiger partial charge in [0, 0.05) is 10.9 Å². The molecule has 2 aromatic carbocycles. The van der Waals surface area contributed by atoms with Gasteiger partial charge in [0.05, 0.1) is 24.8 Å². The largest absolute Gasteiger partial charge is 0.496 e. The monoisotopic (exact) mass is 406 g/mol. The molecule has 0 radical (unpaired) electrons. The molecule has 0 saturated carbocycles. The van der Waals surface area contributed by atoms with E-state index in [0.717, 1.165) is 23.3 Å². The van der Waals surface area contributed by atoms with Crippen molar-refractivity contribution in [1.82, 2.24) is 4.98 Å². The molecule has 0 fully saturated rings. The molecule has 0 bridgehead atoms. The lowest BCUT2D eigenvalue weighted by atomic mass is 10.1. The van der Waals surface area contributed by atoms with Crippen molar-refractivity contribution < 1.29 is 22.7 Å². The lowest BCUT2D eigenvalue weighted by Crippen LogP contribution is -2.14. The quantitative estimate of drug-likeness (QED) is 0.623. The maximum absolute atomic E-state index is 12.6. The molecule has 1 heterocycles. The minimum atomic E-state index is -4.39. The van der Waals surface area contributed by atoms with E-state index in [1.165, 1.54) is 23.5 Å². The van der Waals surface area contributed by atoms with Crippen LogP contribution in [0.4, 0.5) is 18.3 Å². The minimum absolute atomic E-state index is 0.0409. The summed E-state index contributed by atoms with van der Waals surface area (Å²) in [6, 6.07) is 10.3. The van der Waals surface area contributed by atoms with E-state index < -0.39 is 11.7 Å². The fourth-order valence-corrected chi connectivity index (χ4v) is 3.36. The van der Waals surface area contributed by atoms with Crippen molar-refractivity contribution in [2.75, 3.05) is 12.4 Å². The maximum atomic E-state index is 12.6. The Balaban J connectivity index is 1.68. The van der Waals surface area contributed by atoms with Crippen molar-refractivity contribution in [1.29, 1.82) is 0 Å². The minimum Gasteiger partial charge on any atom is -0.496 e. The third-order valence-electron chi connectivity index (χ3n) is 4.03. The third kappa shape index (κ3) is 4.69. The van der Waals surface area contributed by atoms with Gasteiger partial charge in [-0.05, 0) is 36.8 Å². The Bertz CT molecular complexity index is 982. The first kappa shape index (κ1) is 19.9. The highest BCUT2D eigenvalue weighted by atomic mass is 32.1. The number of halogens is 3. The Hall–Kier alpha value is -2.87. The summed E-state index contributed by atoms with van der Waals surface area (Å²) in [5.41, 5.74) is 2.30. The Morgan fingerprint density at radius 2 is 1.89 bits per heavy atom. The Kier molecular flexibility index (Phi) is 5.69. The molecule has 0 unspecified atom stereocenters. The highest BCUT2D eigenvalue weighted by Crippen LogP contribution is 2.33. The first-order chi connectivity index (χ1) is 13.3. The summed E-state index contributed by atoms with van der Waals surface area (Å²) in [4.78, 5) is 16.6. The number of ether oxygens (including phenoxy) is 1. The molecule has 146 valence electrons. The van der Waals surface area contributed by atoms with Crippen LogP contribution >= 0.6 is 11.3 Å². The summed E-state index contributed by atoms with van der Waals surface area (Å²) >= 11 is 1.27. The number of carbonyl (C=O) groups is 1. The summed E-state index contributed by atoms with van der Waals surface area (Å²) < 4.78 is 43.1. The summed E-state index contributed by atoms with van der Waals surface area (Å²) in [7, 11) is 1.58. The number of hydrogen-bond acceptors (Lipinski definition) is 4. The van der Waals surface area contributed by atoms with Gasteiger partial charge < -0.3 is 10.1 Å². The number of thiazole rings is 1. The zero-order valence-corrected chi connectivity index (χ0v) is 15.9. The van der Waals surface area contributed by atoms with Gasteiger partial charge in [-0.3, -0.25) is 4.79 Å². The molecule has 0 saturated heterocycles. The van der Waals surface area contributed by atoms with Crippen molar-refractivity contribution in [3.05, 3.63) is 64.5 Å². The molecule has 0 aliphatic rings. The number of aromatic nitrogens is 1. The van der Waals surface area contributed by atoms with E-state index in [-0.39, 0.29) is 12.3 Å². The lowest BCUT2D eigenvalue weighted by molar-refractivity contribution is -0.137. The van der Waals surface area contributed by atoms with E-state index in [2.05, 4.69) is 10.3 Å². The van der Waals surface area contributed by atoms with E-state index in [4.69, 9.17) is 4.74 Å². The van der Waals surface area contributed by atoms with Crippen molar-refractivity contribution in [2.45, 2.75) is 19.5 Å². The van der Waals surface area contributed by atoms with Gasteiger partial charge >= 0.3 is 6.18 Å². The van der Waals surface area contributed by atoms with Crippen LogP contribution in [-0.4, -0.2) is 18.0 Å². The van der Waals surface area contributed by atoms with E-state index in [9.17, 15) is 18.0 Å². The highest BCUT2D eigenvalue weighted by molar-refractivity contribution is 7.14. The summed E-state index contributed by atoms with van der Waals surface area (Å²) in [5, 5.41) is 4.91. The molecule has 1 amide bonds. The molecule has 3 aromatic rings. The average Bonchev–Trinajstić information content (AvgIpc) is 3.09. The molecule has 0 aliphatic carbocycles. The molecular weight excluding hydrogens is 389 g/mol. The number of aryl methyl sites for hydroxylation is 1. The fraction of sp³-hybridized carbons (Fsp3) is 0.200. The molecular formula is C20H17F3N2O2S. The molecule has 3 rings (SSSR count). The van der Waals surface area contributed by atoms with Gasteiger partial charge in [-0.25, -0.2) is 4.98 Å². The molecule has 0 atom stereocenters. The van der Waals surface area contributed by atoms with Crippen LogP contribution in [0.5, 0.6) is 5.75 Å². The number of nitrogens with zero attached hydrogens (tertiary/aromatic N) is 1. The van der Waals surface area contributed by atoms with E-state index in [0.29, 0.717) is 22.1 Å². The van der Waals surface area contributed by atoms with Crippen LogP contribution in [0.1, 0.15) is 16.7 Å². The van der Waals surface area contributed by atoms with Crippen molar-refractivity contribution in [3.63, 3.8) is 0 Å². The van der Waals surface area contributed by atoms with E-state index in [1.54, 1.807) is 7.11 Å². The van der Waals surface area contributed by atoms with Crippen molar-refractivity contribution in [3.8, 4) is 17.0 Å². The number of amides is 1. The SMILES string of the molecule is COc1ccc(C)cc1-c1csc(NC(=O)Cc2ccc(C(F)(F)F)cc2)n1. The Labute approximate surface area is 164 Å². The van der Waals surface area contributed by atoms with E-state index in [1.807, 2.05) is 30.5 Å². The van der Waals surface area contributed by atoms with Crippen molar-refractivity contribution >= 4 is 22.4 Å². The number of rotatable bonds is 5. The van der Waals surface area contributed by atoms with Gasteiger partial charge in [0.2, 0.25) is 5.91 Å². The molecule has 1 N–H and O–H groups in total. The first-order valence-corrected chi connectivity index (χ1v) is 9.21. The average molecular weight is 406 g/mol. The van der Waals surface area contributed by atoms with Crippen LogP contribution in [0.3, 0.4) is 0 Å². The molecule has 4 nitrogen and oxygen atoms in total. The smallest absolute Gasteiger partial charge is 0.416 e. The normalized spacial score (nSPS) is 11.3. The second-order valence-corrected chi connectivity index (χ2v) is 7.02. The van der Waals surface area contributed by atoms with Crippen LogP contribution in [-0.2, 0) is 17.4 Å². The van der Waals surface area contributed by atoms with Gasteiger partial charge in [-0.2, -0.15) is 13.2 Å². The van der Waals surface area contributed by atoms with Gasteiger partial charge in [-0.1, -0.05) is 23.8 Å². The maximum Gasteiger partial charge on any atom is 0.416 e. The predicted molar refractivity (Wildman–Crippen MR) is 103 cm³/mol. The van der Waals surface area contributed by atoms with Crippen LogP contribution in [0.15, 0.2) is 47.8 Å². The van der Waals surface area contributed by atoms with Crippen molar-refractivity contribution in [2.24, 2.45) is 0 Å². The third-order valence-corrected chi connectivity index (χ3v) is 4.79. The predicted octanol–water partition coefficient (Wildman–Crippen LogP) is 5.33. The number of methoxy groups -OCH3 is 1. The number of nitrogens with one attached hydrogen (secondary N) is 1. The lowest BCUT2D eigenvalue weighted by Gasteiger charge is -2.08. The second-order valence-electron chi connectivity index (χ2n) is 6.16. The zero-order chi connectivity index (χ0) is 20.3. The molecule has 1 aromatic heterocycles. The van der Waals surface area contributed by atoms with E-state index >= 15 is 0 Å². The molecule has 28 heavy (non-hydrogen) atoms. The summed E-state index contributed by atoms with van der Waals surface area (Å²) in [6.45, 7) is 1.96. The zero-order valence-electron chi connectivity index (χ0n) is 15.1. The fourth-order valence-electron chi connectivity index (χ4n) is 2.64. The first-order valence-electron chi connectivity index (χ1n) is 8.33. The highest BCUT2D eigenvalue weighted by Gasteiger charge is 2.30. The van der Waals surface area contributed by atoms with Gasteiger partial charge in [0.15, 0.2) is 5.13 Å². The Morgan fingerprint density at radius 3 is 2.54 bits per heavy atom. The number of carbonyl (C=O) groups excluding carboxylic acids is 1. The van der Waals surface area contributed by atoms with Gasteiger partial charge in [-0.15, -0.1) is 11.3 Å². The number of hydrogen-bond donors (Lipinski definition) is 1. The summed E-state index contributed by atoms with van der Waals surface area (Å²) in [5.74, 6) is 0.329.